The molecule has 0 radical (unpaired) electrons. The van der Waals surface area contributed by atoms with E-state index in [2.05, 4.69) is 45.5 Å². The van der Waals surface area contributed by atoms with Gasteiger partial charge in [-0.05, 0) is 50.3 Å². The molecule has 2 aliphatic rings. The minimum absolute atomic E-state index is 0.237. The molecule has 30 heavy (non-hydrogen) atoms. The maximum Gasteiger partial charge on any atom is 0.211 e. The number of piperidine rings is 1. The average Bonchev–Trinajstić information content (AvgIpc) is 3.37. The first kappa shape index (κ1) is 19.6. The molecule has 0 aromatic carbocycles. The minimum atomic E-state index is -3.12. The fraction of sp³-hybridized carbons (Fsp3) is 0.524. The molecule has 2 atom stereocenters. The molecule has 1 saturated heterocycles. The predicted octanol–water partition coefficient (Wildman–Crippen LogP) is 2.87. The van der Waals surface area contributed by atoms with Crippen molar-refractivity contribution in [2.45, 2.75) is 51.2 Å². The van der Waals surface area contributed by atoms with Gasteiger partial charge < -0.3 is 9.88 Å². The van der Waals surface area contributed by atoms with Crippen molar-refractivity contribution in [1.29, 1.82) is 0 Å². The summed E-state index contributed by atoms with van der Waals surface area (Å²) in [6, 6.07) is 4.71. The Morgan fingerprint density at radius 2 is 1.90 bits per heavy atom. The average molecular weight is 429 g/mol. The number of H-pyrrole nitrogens is 1. The zero-order valence-corrected chi connectivity index (χ0v) is 18.4. The summed E-state index contributed by atoms with van der Waals surface area (Å²) in [4.78, 5) is 10.1. The predicted molar refractivity (Wildman–Crippen MR) is 117 cm³/mol. The number of hydrogen-bond acceptors (Lipinski definition) is 5. The van der Waals surface area contributed by atoms with Crippen molar-refractivity contribution < 1.29 is 8.42 Å². The molecule has 0 spiro atoms. The van der Waals surface area contributed by atoms with Gasteiger partial charge in [-0.1, -0.05) is 0 Å². The van der Waals surface area contributed by atoms with Crippen LogP contribution in [-0.4, -0.2) is 57.9 Å². The summed E-state index contributed by atoms with van der Waals surface area (Å²) in [6.07, 6.45) is 8.79. The zero-order valence-electron chi connectivity index (χ0n) is 17.6. The molecule has 2 aliphatic heterocycles. The van der Waals surface area contributed by atoms with Gasteiger partial charge >= 0.3 is 0 Å². The lowest BCUT2D eigenvalue weighted by atomic mass is 9.89. The number of nitrogens with one attached hydrogen (secondary N) is 1. The van der Waals surface area contributed by atoms with Gasteiger partial charge in [-0.15, -0.1) is 0 Å². The second-order valence-corrected chi connectivity index (χ2v) is 10.6. The first-order valence-electron chi connectivity index (χ1n) is 10.5. The van der Waals surface area contributed by atoms with Gasteiger partial charge in [0.2, 0.25) is 10.0 Å². The Kier molecular flexibility index (Phi) is 4.62. The molecular formula is C21H28N6O2S. The van der Waals surface area contributed by atoms with Crippen LogP contribution in [0.15, 0.2) is 30.7 Å². The van der Waals surface area contributed by atoms with E-state index in [9.17, 15) is 8.42 Å². The first-order chi connectivity index (χ1) is 14.3. The first-order valence-corrected chi connectivity index (χ1v) is 12.4. The second-order valence-electron chi connectivity index (χ2n) is 8.61. The molecule has 0 bridgehead atoms. The quantitative estimate of drug-likeness (QED) is 0.693. The highest BCUT2D eigenvalue weighted by atomic mass is 32.2. The van der Waals surface area contributed by atoms with Gasteiger partial charge in [0, 0.05) is 42.6 Å². The van der Waals surface area contributed by atoms with Crippen molar-refractivity contribution in [3.8, 4) is 0 Å². The van der Waals surface area contributed by atoms with Gasteiger partial charge in [0.25, 0.3) is 0 Å². The Balaban J connectivity index is 1.47. The number of sulfonamides is 1. The van der Waals surface area contributed by atoms with Gasteiger partial charge in [0.15, 0.2) is 0 Å². The Bertz CT molecular complexity index is 1180. The number of aromatic amines is 1. The fourth-order valence-corrected chi connectivity index (χ4v) is 5.90. The number of pyridine rings is 1. The van der Waals surface area contributed by atoms with Crippen LogP contribution in [0, 0.1) is 0 Å². The number of aromatic nitrogens is 4. The van der Waals surface area contributed by atoms with Crippen LogP contribution in [0.3, 0.4) is 0 Å². The third kappa shape index (κ3) is 3.11. The van der Waals surface area contributed by atoms with Crippen molar-refractivity contribution in [3.05, 3.63) is 42.0 Å². The van der Waals surface area contributed by atoms with E-state index in [-0.39, 0.29) is 12.1 Å². The topological polar surface area (TPSA) is 87.1 Å². The number of nitrogens with zero attached hydrogens (tertiary/aromatic N) is 5. The summed E-state index contributed by atoms with van der Waals surface area (Å²) in [5, 5.41) is 5.88. The molecule has 5 rings (SSSR count). The number of rotatable bonds is 3. The van der Waals surface area contributed by atoms with Crippen LogP contribution in [0.2, 0.25) is 0 Å². The van der Waals surface area contributed by atoms with Crippen LogP contribution in [0.1, 0.15) is 49.9 Å². The van der Waals surface area contributed by atoms with Crippen LogP contribution >= 0.6 is 0 Å². The lowest BCUT2D eigenvalue weighted by Crippen LogP contribution is -2.44. The van der Waals surface area contributed by atoms with Gasteiger partial charge in [0.1, 0.15) is 5.65 Å². The lowest BCUT2D eigenvalue weighted by Gasteiger charge is -2.41. The van der Waals surface area contributed by atoms with Gasteiger partial charge in [-0.3, -0.25) is 4.68 Å². The van der Waals surface area contributed by atoms with Crippen LogP contribution in [0.25, 0.3) is 11.0 Å². The van der Waals surface area contributed by atoms with Crippen LogP contribution in [0.4, 0.5) is 5.69 Å². The highest BCUT2D eigenvalue weighted by molar-refractivity contribution is 7.88. The Morgan fingerprint density at radius 3 is 2.63 bits per heavy atom. The summed E-state index contributed by atoms with van der Waals surface area (Å²) >= 11 is 0. The van der Waals surface area contributed by atoms with E-state index in [0.717, 1.165) is 30.4 Å². The Hall–Kier alpha value is -2.39. The number of anilines is 1. The van der Waals surface area contributed by atoms with E-state index >= 15 is 0 Å². The van der Waals surface area contributed by atoms with E-state index in [4.69, 9.17) is 5.10 Å². The molecule has 1 fully saturated rings. The van der Waals surface area contributed by atoms with Crippen molar-refractivity contribution in [1.82, 2.24) is 24.1 Å². The summed E-state index contributed by atoms with van der Waals surface area (Å²) in [5.74, 6) is 0.346. The standard InChI is InChI=1S/C21H28N6O2S/c1-14-15(2)27-20(13-26(14)19-5-9-23-21-17(19)4-8-22-21)18(12-24-27)16-6-10-25(11-7-16)30(3,28)29/h4-5,8-9,12,14-16H,6-7,10-11,13H2,1-3H3,(H,22,23)/t14-,15-/m1/s1. The van der Waals surface area contributed by atoms with E-state index < -0.39 is 10.0 Å². The maximum absolute atomic E-state index is 11.9. The Morgan fingerprint density at radius 1 is 1.13 bits per heavy atom. The molecule has 0 amide bonds. The van der Waals surface area contributed by atoms with Crippen LogP contribution in [0.5, 0.6) is 0 Å². The van der Waals surface area contributed by atoms with Crippen molar-refractivity contribution in [2.75, 3.05) is 24.2 Å². The third-order valence-corrected chi connectivity index (χ3v) is 8.24. The van der Waals surface area contributed by atoms with Gasteiger partial charge in [-0.2, -0.15) is 5.10 Å². The molecule has 0 unspecified atom stereocenters. The molecule has 0 saturated carbocycles. The number of hydrogen-bond donors (Lipinski definition) is 1. The summed E-state index contributed by atoms with van der Waals surface area (Å²) < 4.78 is 27.5. The van der Waals surface area contributed by atoms with Crippen molar-refractivity contribution in [3.63, 3.8) is 0 Å². The van der Waals surface area contributed by atoms with E-state index in [0.29, 0.717) is 19.0 Å². The largest absolute Gasteiger partial charge is 0.360 e. The van der Waals surface area contributed by atoms with Crippen LogP contribution < -0.4 is 4.90 Å². The van der Waals surface area contributed by atoms with E-state index in [1.54, 1.807) is 4.31 Å². The summed E-state index contributed by atoms with van der Waals surface area (Å²) in [5.41, 5.74) is 4.61. The lowest BCUT2D eigenvalue weighted by molar-refractivity contribution is 0.316. The van der Waals surface area contributed by atoms with Gasteiger partial charge in [0.05, 0.1) is 30.7 Å². The van der Waals surface area contributed by atoms with E-state index in [1.807, 2.05) is 18.6 Å². The van der Waals surface area contributed by atoms with Crippen molar-refractivity contribution in [2.24, 2.45) is 0 Å². The summed E-state index contributed by atoms with van der Waals surface area (Å²) in [6.45, 7) is 6.42. The van der Waals surface area contributed by atoms with Crippen LogP contribution in [-0.2, 0) is 16.6 Å². The smallest absolute Gasteiger partial charge is 0.211 e. The third-order valence-electron chi connectivity index (χ3n) is 6.94. The highest BCUT2D eigenvalue weighted by Gasteiger charge is 2.35. The SMILES string of the molecule is C[C@@H]1[C@@H](C)n2ncc(C3CCN(S(C)(=O)=O)CC3)c2CN1c1ccnc2[nH]ccc12. The molecule has 5 heterocycles. The Labute approximate surface area is 176 Å². The fourth-order valence-electron chi connectivity index (χ4n) is 5.03. The molecule has 3 aromatic rings. The maximum atomic E-state index is 11.9. The zero-order chi connectivity index (χ0) is 21.0. The molecule has 8 nitrogen and oxygen atoms in total. The monoisotopic (exact) mass is 428 g/mol. The molecule has 1 N–H and O–H groups in total. The molecule has 0 aliphatic carbocycles. The molecular weight excluding hydrogens is 400 g/mol. The minimum Gasteiger partial charge on any atom is -0.360 e. The highest BCUT2D eigenvalue weighted by Crippen LogP contribution is 2.39. The molecule has 160 valence electrons. The van der Waals surface area contributed by atoms with E-state index in [1.165, 1.54) is 23.2 Å². The van der Waals surface area contributed by atoms with Gasteiger partial charge in [-0.25, -0.2) is 17.7 Å². The normalized spacial score (nSPS) is 23.8. The molecule has 9 heteroatoms. The number of fused-ring (bicyclic) bond motifs is 2. The summed E-state index contributed by atoms with van der Waals surface area (Å²) in [7, 11) is -3.12. The second kappa shape index (κ2) is 7.09. The van der Waals surface area contributed by atoms with Crippen molar-refractivity contribution >= 4 is 26.7 Å². The molecule has 3 aromatic heterocycles.